The van der Waals surface area contributed by atoms with Gasteiger partial charge in [-0.3, -0.25) is 9.59 Å². The summed E-state index contributed by atoms with van der Waals surface area (Å²) in [5, 5.41) is 10.0. The molecule has 0 radical (unpaired) electrons. The molecule has 3 aromatic carbocycles. The van der Waals surface area contributed by atoms with E-state index in [2.05, 4.69) is 0 Å². The number of carbonyl (C=O) groups is 1. The number of rotatable bonds is 3. The molecule has 1 amide bonds. The molecule has 4 aromatic rings. The first-order valence-corrected chi connectivity index (χ1v) is 9.53. The summed E-state index contributed by atoms with van der Waals surface area (Å²) < 4.78 is 32.9. The van der Waals surface area contributed by atoms with Gasteiger partial charge in [-0.15, -0.1) is 0 Å². The number of phenols is 1. The van der Waals surface area contributed by atoms with Gasteiger partial charge in [0.1, 0.15) is 23.0 Å². The van der Waals surface area contributed by atoms with Gasteiger partial charge < -0.3 is 14.4 Å². The maximum Gasteiger partial charge on any atom is 0.291 e. The van der Waals surface area contributed by atoms with E-state index in [1.165, 1.54) is 35.2 Å². The second kappa shape index (κ2) is 7.05. The van der Waals surface area contributed by atoms with Crippen LogP contribution in [-0.2, 0) is 6.54 Å². The Kier molecular flexibility index (Phi) is 4.32. The largest absolute Gasteiger partial charge is 0.508 e. The Balaban J connectivity index is 1.73. The van der Waals surface area contributed by atoms with Crippen LogP contribution in [0.2, 0.25) is 0 Å². The molecule has 1 atom stereocenters. The van der Waals surface area contributed by atoms with Crippen LogP contribution in [0.4, 0.5) is 8.78 Å². The normalized spacial score (nSPS) is 15.5. The van der Waals surface area contributed by atoms with Gasteiger partial charge in [-0.05, 0) is 53.6 Å². The summed E-state index contributed by atoms with van der Waals surface area (Å²) in [6.07, 6.45) is 0. The first-order chi connectivity index (χ1) is 14.9. The third kappa shape index (κ3) is 3.15. The lowest BCUT2D eigenvalue weighted by Crippen LogP contribution is -2.29. The zero-order chi connectivity index (χ0) is 21.7. The molecule has 0 bridgehead atoms. The fourth-order valence-corrected chi connectivity index (χ4v) is 3.98. The molecule has 1 N–H and O–H groups in total. The highest BCUT2D eigenvalue weighted by Crippen LogP contribution is 2.39. The molecule has 31 heavy (non-hydrogen) atoms. The first kappa shape index (κ1) is 19.0. The van der Waals surface area contributed by atoms with Crippen molar-refractivity contribution in [3.63, 3.8) is 0 Å². The minimum Gasteiger partial charge on any atom is -0.508 e. The van der Waals surface area contributed by atoms with Gasteiger partial charge in [0.2, 0.25) is 5.76 Å². The molecular weight excluding hydrogens is 404 g/mol. The van der Waals surface area contributed by atoms with Crippen molar-refractivity contribution >= 4 is 16.9 Å². The Hall–Kier alpha value is -4.00. The van der Waals surface area contributed by atoms with E-state index >= 15 is 0 Å². The summed E-state index contributed by atoms with van der Waals surface area (Å²) >= 11 is 0. The van der Waals surface area contributed by atoms with Gasteiger partial charge in [0.15, 0.2) is 5.43 Å². The average molecular weight is 419 g/mol. The standard InChI is InChI=1S/C24H15F2NO4/c25-15-6-4-13(5-7-15)12-27-21(14-2-1-3-17(28)10-14)20-22(29)18-11-16(26)8-9-19(18)31-23(20)24(27)30/h1-11,21,28H,12H2/t21-/m0/s1. The van der Waals surface area contributed by atoms with Crippen molar-refractivity contribution in [1.82, 2.24) is 4.90 Å². The number of hydrogen-bond acceptors (Lipinski definition) is 4. The van der Waals surface area contributed by atoms with Gasteiger partial charge in [0.25, 0.3) is 5.91 Å². The molecule has 2 heterocycles. The first-order valence-electron chi connectivity index (χ1n) is 9.53. The molecule has 0 fully saturated rings. The maximum absolute atomic E-state index is 13.8. The highest BCUT2D eigenvalue weighted by molar-refractivity contribution is 5.99. The minimum atomic E-state index is -0.858. The van der Waals surface area contributed by atoms with Crippen LogP contribution in [0.3, 0.4) is 0 Å². The minimum absolute atomic E-state index is 0.0281. The van der Waals surface area contributed by atoms with Gasteiger partial charge in [-0.25, -0.2) is 8.78 Å². The van der Waals surface area contributed by atoms with Crippen LogP contribution in [0.1, 0.15) is 33.3 Å². The molecule has 0 saturated carbocycles. The number of amides is 1. The number of hydrogen-bond donors (Lipinski definition) is 1. The molecule has 0 aliphatic carbocycles. The molecule has 7 heteroatoms. The summed E-state index contributed by atoms with van der Waals surface area (Å²) in [6.45, 7) is 0.0772. The second-order valence-electron chi connectivity index (χ2n) is 7.37. The van der Waals surface area contributed by atoms with Crippen molar-refractivity contribution in [2.45, 2.75) is 12.6 Å². The molecule has 0 unspecified atom stereocenters. The predicted molar refractivity (Wildman–Crippen MR) is 109 cm³/mol. The van der Waals surface area contributed by atoms with E-state index in [1.54, 1.807) is 24.3 Å². The number of nitrogens with zero attached hydrogens (tertiary/aromatic N) is 1. The summed E-state index contributed by atoms with van der Waals surface area (Å²) in [5.74, 6) is -1.68. The molecular formula is C24H15F2NO4. The Bertz CT molecular complexity index is 1400. The van der Waals surface area contributed by atoms with Crippen LogP contribution in [0.25, 0.3) is 11.0 Å². The van der Waals surface area contributed by atoms with Gasteiger partial charge in [0, 0.05) is 6.54 Å². The SMILES string of the molecule is O=C1c2oc3ccc(F)cc3c(=O)c2[C@H](c2cccc(O)c2)N1Cc1ccc(F)cc1. The van der Waals surface area contributed by atoms with E-state index in [4.69, 9.17) is 4.42 Å². The van der Waals surface area contributed by atoms with E-state index in [0.29, 0.717) is 11.1 Å². The maximum atomic E-state index is 13.8. The fraction of sp³-hybridized carbons (Fsp3) is 0.0833. The van der Waals surface area contributed by atoms with E-state index in [0.717, 1.165) is 12.1 Å². The van der Waals surface area contributed by atoms with E-state index in [1.807, 2.05) is 0 Å². The fourth-order valence-electron chi connectivity index (χ4n) is 3.98. The molecule has 1 aliphatic heterocycles. The summed E-state index contributed by atoms with van der Waals surface area (Å²) in [4.78, 5) is 28.0. The summed E-state index contributed by atoms with van der Waals surface area (Å²) in [6, 6.07) is 14.6. The number of aromatic hydroxyl groups is 1. The van der Waals surface area contributed by atoms with Crippen molar-refractivity contribution in [3.8, 4) is 5.75 Å². The van der Waals surface area contributed by atoms with E-state index in [9.17, 15) is 23.5 Å². The third-order valence-corrected chi connectivity index (χ3v) is 5.38. The molecule has 0 saturated heterocycles. The van der Waals surface area contributed by atoms with Gasteiger partial charge in [-0.1, -0.05) is 24.3 Å². The topological polar surface area (TPSA) is 70.8 Å². The molecule has 5 nitrogen and oxygen atoms in total. The second-order valence-corrected chi connectivity index (χ2v) is 7.37. The van der Waals surface area contributed by atoms with Crippen LogP contribution in [-0.4, -0.2) is 15.9 Å². The van der Waals surface area contributed by atoms with E-state index < -0.39 is 29.0 Å². The Labute approximate surface area is 174 Å². The van der Waals surface area contributed by atoms with Crippen molar-refractivity contribution in [2.24, 2.45) is 0 Å². The summed E-state index contributed by atoms with van der Waals surface area (Å²) in [5.41, 5.74) is 0.819. The third-order valence-electron chi connectivity index (χ3n) is 5.38. The van der Waals surface area contributed by atoms with Crippen molar-refractivity contribution in [2.75, 3.05) is 0 Å². The lowest BCUT2D eigenvalue weighted by atomic mass is 9.98. The Morgan fingerprint density at radius 1 is 0.935 bits per heavy atom. The number of phenolic OH excluding ortho intramolecular Hbond substituents is 1. The summed E-state index contributed by atoms with van der Waals surface area (Å²) in [7, 11) is 0. The van der Waals surface area contributed by atoms with Crippen molar-refractivity contribution < 1.29 is 23.1 Å². The number of halogens is 2. The van der Waals surface area contributed by atoms with Crippen LogP contribution in [0.15, 0.2) is 75.9 Å². The highest BCUT2D eigenvalue weighted by Gasteiger charge is 2.42. The van der Waals surface area contributed by atoms with E-state index in [-0.39, 0.29) is 34.6 Å². The highest BCUT2D eigenvalue weighted by atomic mass is 19.1. The molecule has 5 rings (SSSR count). The molecule has 1 aliphatic rings. The zero-order valence-corrected chi connectivity index (χ0v) is 16.0. The number of carbonyl (C=O) groups excluding carboxylic acids is 1. The van der Waals surface area contributed by atoms with Crippen LogP contribution < -0.4 is 5.43 Å². The van der Waals surface area contributed by atoms with Gasteiger partial charge in [0.05, 0.1) is 17.0 Å². The molecule has 154 valence electrons. The van der Waals surface area contributed by atoms with Crippen LogP contribution in [0.5, 0.6) is 5.75 Å². The number of fused-ring (bicyclic) bond motifs is 2. The molecule has 0 spiro atoms. The molecule has 1 aromatic heterocycles. The average Bonchev–Trinajstić information content (AvgIpc) is 3.02. The lowest BCUT2D eigenvalue weighted by molar-refractivity contribution is 0.0714. The van der Waals surface area contributed by atoms with Crippen LogP contribution in [0, 0.1) is 11.6 Å². The smallest absolute Gasteiger partial charge is 0.291 e. The Morgan fingerprint density at radius 2 is 1.68 bits per heavy atom. The van der Waals surface area contributed by atoms with Gasteiger partial charge >= 0.3 is 0 Å². The number of benzene rings is 3. The monoisotopic (exact) mass is 419 g/mol. The van der Waals surface area contributed by atoms with Crippen LogP contribution >= 0.6 is 0 Å². The zero-order valence-electron chi connectivity index (χ0n) is 16.0. The van der Waals surface area contributed by atoms with Crippen molar-refractivity contribution in [1.29, 1.82) is 0 Å². The van der Waals surface area contributed by atoms with Gasteiger partial charge in [-0.2, -0.15) is 0 Å². The lowest BCUT2D eigenvalue weighted by Gasteiger charge is -2.25. The van der Waals surface area contributed by atoms with Crippen molar-refractivity contribution in [3.05, 3.63) is 111 Å². The Morgan fingerprint density at radius 3 is 2.42 bits per heavy atom. The quantitative estimate of drug-likeness (QED) is 0.530. The predicted octanol–water partition coefficient (Wildman–Crippen LogP) is 4.52.